The molecule has 2 atom stereocenters. The van der Waals surface area contributed by atoms with Gasteiger partial charge in [0.25, 0.3) is 0 Å². The van der Waals surface area contributed by atoms with E-state index in [2.05, 4.69) is 79.9 Å². The molecule has 2 unspecified atom stereocenters. The average molecular weight is 808 g/mol. The van der Waals surface area contributed by atoms with Gasteiger partial charge in [0.1, 0.15) is 0 Å². The molecular weight excluding hydrogens is 711 g/mol. The molecular formula is C54H97NO3. The quantitative estimate of drug-likeness (QED) is 0.0424. The van der Waals surface area contributed by atoms with Gasteiger partial charge in [-0.3, -0.25) is 4.79 Å². The molecule has 0 aliphatic carbocycles. The molecule has 0 aromatic carbocycles. The number of aliphatic hydroxyl groups is 2. The summed E-state index contributed by atoms with van der Waals surface area (Å²) in [5.74, 6) is -0.0832. The molecule has 0 radical (unpaired) electrons. The van der Waals surface area contributed by atoms with E-state index in [0.29, 0.717) is 6.42 Å². The summed E-state index contributed by atoms with van der Waals surface area (Å²) in [4.78, 5) is 12.4. The molecule has 0 spiro atoms. The highest BCUT2D eigenvalue weighted by Gasteiger charge is 2.17. The maximum atomic E-state index is 12.4. The number of unbranched alkanes of at least 4 members (excludes halogenated alkanes) is 28. The van der Waals surface area contributed by atoms with Gasteiger partial charge in [0.15, 0.2) is 0 Å². The number of allylic oxidation sites excluding steroid dienone is 11. The number of carbonyl (C=O) groups is 1. The summed E-state index contributed by atoms with van der Waals surface area (Å²) in [7, 11) is 0. The maximum absolute atomic E-state index is 12.4. The van der Waals surface area contributed by atoms with Crippen molar-refractivity contribution in [3.05, 3.63) is 72.9 Å². The van der Waals surface area contributed by atoms with E-state index in [1.54, 1.807) is 6.08 Å². The van der Waals surface area contributed by atoms with Crippen molar-refractivity contribution in [2.75, 3.05) is 6.61 Å². The van der Waals surface area contributed by atoms with Crippen molar-refractivity contribution < 1.29 is 15.0 Å². The number of carbonyl (C=O) groups excluding carboxylic acids is 1. The van der Waals surface area contributed by atoms with E-state index in [0.717, 1.165) is 70.6 Å². The molecule has 4 nitrogen and oxygen atoms in total. The van der Waals surface area contributed by atoms with Crippen LogP contribution in [0.15, 0.2) is 72.9 Å². The van der Waals surface area contributed by atoms with Crippen molar-refractivity contribution in [3.63, 3.8) is 0 Å². The van der Waals surface area contributed by atoms with Gasteiger partial charge in [-0.2, -0.15) is 0 Å². The van der Waals surface area contributed by atoms with E-state index in [1.807, 2.05) is 6.08 Å². The molecule has 0 rings (SSSR count). The molecule has 0 saturated carbocycles. The number of nitrogens with one attached hydrogen (secondary N) is 1. The minimum atomic E-state index is -0.852. The van der Waals surface area contributed by atoms with Crippen molar-refractivity contribution in [1.82, 2.24) is 5.32 Å². The van der Waals surface area contributed by atoms with Crippen molar-refractivity contribution in [1.29, 1.82) is 0 Å². The molecule has 0 heterocycles. The molecule has 0 aromatic rings. The van der Waals surface area contributed by atoms with Crippen LogP contribution in [0, 0.1) is 0 Å². The van der Waals surface area contributed by atoms with Crippen LogP contribution in [0.2, 0.25) is 0 Å². The van der Waals surface area contributed by atoms with Gasteiger partial charge in [-0.15, -0.1) is 0 Å². The van der Waals surface area contributed by atoms with Crippen LogP contribution in [0.25, 0.3) is 0 Å². The van der Waals surface area contributed by atoms with Crippen LogP contribution in [-0.4, -0.2) is 34.9 Å². The van der Waals surface area contributed by atoms with E-state index in [9.17, 15) is 15.0 Å². The number of hydrogen-bond donors (Lipinski definition) is 3. The summed E-state index contributed by atoms with van der Waals surface area (Å²) < 4.78 is 0. The van der Waals surface area contributed by atoms with E-state index in [4.69, 9.17) is 0 Å². The molecule has 4 heteroatoms. The average Bonchev–Trinajstić information content (AvgIpc) is 3.23. The zero-order valence-electron chi connectivity index (χ0n) is 38.5. The molecule has 0 fully saturated rings. The van der Waals surface area contributed by atoms with Gasteiger partial charge in [-0.1, -0.05) is 247 Å². The predicted molar refractivity (Wildman–Crippen MR) is 257 cm³/mol. The summed E-state index contributed by atoms with van der Waals surface area (Å²) in [6, 6.07) is -0.637. The molecule has 0 aliphatic heterocycles. The van der Waals surface area contributed by atoms with Crippen LogP contribution in [-0.2, 0) is 4.79 Å². The van der Waals surface area contributed by atoms with E-state index < -0.39 is 12.1 Å². The zero-order valence-corrected chi connectivity index (χ0v) is 38.5. The Kier molecular flexibility index (Phi) is 47.4. The standard InChI is InChI=1S/C54H97NO3/c1-3-5-7-9-11-13-15-17-19-21-23-25-26-27-28-30-31-33-35-37-39-41-43-45-47-49-53(57)52(51-56)55-54(58)50-48-46-44-42-40-38-36-34-32-29-24-22-20-18-16-14-12-10-8-6-4-2/h6,8,12,14,18,20,24,29,34,36,47,49,52-53,56-57H,3-5,7,9-11,13,15-17,19,21-23,25-28,30-33,35,37-46,48,50-51H2,1-2H3,(H,55,58)/b8-6-,14-12-,20-18-,29-24-,36-34-,49-47+. The second-order valence-corrected chi connectivity index (χ2v) is 16.9. The summed E-state index contributed by atoms with van der Waals surface area (Å²) in [6.07, 6.45) is 70.3. The first-order chi connectivity index (χ1) is 28.7. The lowest BCUT2D eigenvalue weighted by molar-refractivity contribution is -0.123. The highest BCUT2D eigenvalue weighted by atomic mass is 16.3. The third kappa shape index (κ3) is 44.9. The SMILES string of the molecule is CC/C=C\C/C=C\C/C=C\C/C=C\C/C=C\CCCCCCCC(=O)NC(CO)C(O)/C=C/CCCCCCCCCCCCCCCCCCCCCCCCC. The largest absolute Gasteiger partial charge is 0.394 e. The Labute approximate surface area is 361 Å². The van der Waals surface area contributed by atoms with Crippen molar-refractivity contribution in [2.45, 2.75) is 257 Å². The minimum absolute atomic E-state index is 0.0832. The second-order valence-electron chi connectivity index (χ2n) is 16.9. The molecule has 0 aromatic heterocycles. The number of aliphatic hydroxyl groups excluding tert-OH is 2. The van der Waals surface area contributed by atoms with Crippen LogP contribution < -0.4 is 5.32 Å². The third-order valence-corrected chi connectivity index (χ3v) is 11.2. The second kappa shape index (κ2) is 49.2. The molecule has 0 aliphatic rings. The first-order valence-corrected chi connectivity index (χ1v) is 25.2. The Hall–Kier alpha value is -2.17. The van der Waals surface area contributed by atoms with E-state index >= 15 is 0 Å². The number of amides is 1. The third-order valence-electron chi connectivity index (χ3n) is 11.2. The molecule has 1 amide bonds. The first kappa shape index (κ1) is 55.8. The number of rotatable bonds is 45. The minimum Gasteiger partial charge on any atom is -0.394 e. The van der Waals surface area contributed by atoms with Crippen LogP contribution in [0.3, 0.4) is 0 Å². The molecule has 336 valence electrons. The lowest BCUT2D eigenvalue weighted by atomic mass is 10.0. The van der Waals surface area contributed by atoms with Crippen molar-refractivity contribution in [3.8, 4) is 0 Å². The predicted octanol–water partition coefficient (Wildman–Crippen LogP) is 16.2. The smallest absolute Gasteiger partial charge is 0.220 e. The van der Waals surface area contributed by atoms with Crippen LogP contribution in [0.4, 0.5) is 0 Å². The monoisotopic (exact) mass is 808 g/mol. The van der Waals surface area contributed by atoms with E-state index in [1.165, 1.54) is 154 Å². The summed E-state index contributed by atoms with van der Waals surface area (Å²) >= 11 is 0. The first-order valence-electron chi connectivity index (χ1n) is 25.2. The van der Waals surface area contributed by atoms with Crippen molar-refractivity contribution in [2.24, 2.45) is 0 Å². The topological polar surface area (TPSA) is 69.6 Å². The molecule has 58 heavy (non-hydrogen) atoms. The summed E-state index contributed by atoms with van der Waals surface area (Å²) in [5.41, 5.74) is 0. The van der Waals surface area contributed by atoms with Gasteiger partial charge in [0.05, 0.1) is 18.8 Å². The van der Waals surface area contributed by atoms with Crippen LogP contribution in [0.5, 0.6) is 0 Å². The van der Waals surface area contributed by atoms with Crippen LogP contribution in [0.1, 0.15) is 245 Å². The lowest BCUT2D eigenvalue weighted by Crippen LogP contribution is -2.45. The van der Waals surface area contributed by atoms with Crippen LogP contribution >= 0.6 is 0 Å². The van der Waals surface area contributed by atoms with Gasteiger partial charge in [-0.25, -0.2) is 0 Å². The highest BCUT2D eigenvalue weighted by Crippen LogP contribution is 2.16. The highest BCUT2D eigenvalue weighted by molar-refractivity contribution is 5.76. The fourth-order valence-electron chi connectivity index (χ4n) is 7.38. The molecule has 0 bridgehead atoms. The Bertz CT molecular complexity index is 1010. The maximum Gasteiger partial charge on any atom is 0.220 e. The fourth-order valence-corrected chi connectivity index (χ4v) is 7.38. The Morgan fingerprint density at radius 1 is 0.431 bits per heavy atom. The Morgan fingerprint density at radius 2 is 0.759 bits per heavy atom. The normalized spacial score (nSPS) is 13.5. The van der Waals surface area contributed by atoms with Gasteiger partial charge in [0, 0.05) is 6.42 Å². The lowest BCUT2D eigenvalue weighted by Gasteiger charge is -2.20. The van der Waals surface area contributed by atoms with Gasteiger partial charge >= 0.3 is 0 Å². The van der Waals surface area contributed by atoms with Gasteiger partial charge in [0.2, 0.25) is 5.91 Å². The fraction of sp³-hybridized carbons (Fsp3) is 0.759. The summed E-state index contributed by atoms with van der Waals surface area (Å²) in [5, 5.41) is 23.1. The van der Waals surface area contributed by atoms with Crippen molar-refractivity contribution >= 4 is 5.91 Å². The number of hydrogen-bond acceptors (Lipinski definition) is 3. The summed E-state index contributed by atoms with van der Waals surface area (Å²) in [6.45, 7) is 4.20. The Morgan fingerprint density at radius 3 is 1.14 bits per heavy atom. The Balaban J connectivity index is 3.58. The zero-order chi connectivity index (χ0) is 42.1. The van der Waals surface area contributed by atoms with E-state index in [-0.39, 0.29) is 12.5 Å². The van der Waals surface area contributed by atoms with Gasteiger partial charge in [-0.05, 0) is 64.2 Å². The molecule has 3 N–H and O–H groups in total. The van der Waals surface area contributed by atoms with Gasteiger partial charge < -0.3 is 15.5 Å². The molecule has 0 saturated heterocycles.